The van der Waals surface area contributed by atoms with Crippen LogP contribution in [-0.2, 0) is 11.3 Å². The van der Waals surface area contributed by atoms with Crippen LogP contribution in [0, 0.1) is 13.8 Å². The normalized spacial score (nSPS) is 10.2. The molecule has 0 spiro atoms. The summed E-state index contributed by atoms with van der Waals surface area (Å²) in [5.41, 5.74) is 1.89. The maximum absolute atomic E-state index is 10.1. The van der Waals surface area contributed by atoms with Crippen LogP contribution in [0.4, 0.5) is 0 Å². The summed E-state index contributed by atoms with van der Waals surface area (Å²) in [4.78, 5) is 10.1. The quantitative estimate of drug-likeness (QED) is 0.617. The first kappa shape index (κ1) is 8.77. The average Bonchev–Trinajstić information content (AvgIpc) is 2.26. The van der Waals surface area contributed by atoms with Crippen molar-refractivity contribution in [3.63, 3.8) is 0 Å². The molecular formula is C8H11N2O2-. The van der Waals surface area contributed by atoms with Crippen LogP contribution in [0.5, 0.6) is 0 Å². The van der Waals surface area contributed by atoms with Crippen molar-refractivity contribution in [3.05, 3.63) is 17.5 Å². The van der Waals surface area contributed by atoms with E-state index in [1.165, 1.54) is 0 Å². The monoisotopic (exact) mass is 167 g/mol. The Hall–Kier alpha value is -1.32. The molecule has 4 nitrogen and oxygen atoms in total. The molecule has 0 saturated carbocycles. The molecule has 1 heterocycles. The fraction of sp³-hybridized carbons (Fsp3) is 0.500. The van der Waals surface area contributed by atoms with Gasteiger partial charge in [-0.1, -0.05) is 0 Å². The fourth-order valence-electron chi connectivity index (χ4n) is 1.10. The summed E-state index contributed by atoms with van der Waals surface area (Å²) >= 11 is 0. The third-order valence-corrected chi connectivity index (χ3v) is 1.63. The van der Waals surface area contributed by atoms with E-state index in [0.29, 0.717) is 6.54 Å². The van der Waals surface area contributed by atoms with E-state index in [9.17, 15) is 9.90 Å². The number of carbonyl (C=O) groups is 1. The molecule has 1 aromatic rings. The summed E-state index contributed by atoms with van der Waals surface area (Å²) in [7, 11) is 0. The lowest BCUT2D eigenvalue weighted by Gasteiger charge is -2.03. The van der Waals surface area contributed by atoms with Crippen LogP contribution in [0.3, 0.4) is 0 Å². The smallest absolute Gasteiger partial charge is 0.0596 e. The highest BCUT2D eigenvalue weighted by molar-refractivity contribution is 5.64. The summed E-state index contributed by atoms with van der Waals surface area (Å²) in [6.07, 6.45) is 0.0158. The maximum Gasteiger partial charge on any atom is 0.0596 e. The van der Waals surface area contributed by atoms with Crippen molar-refractivity contribution in [2.75, 3.05) is 0 Å². The molecule has 0 aromatic carbocycles. The molecule has 0 aliphatic heterocycles. The number of nitrogens with zero attached hydrogens (tertiary/aromatic N) is 2. The summed E-state index contributed by atoms with van der Waals surface area (Å²) in [5.74, 6) is -1.04. The van der Waals surface area contributed by atoms with Crippen LogP contribution in [0.15, 0.2) is 6.07 Å². The zero-order chi connectivity index (χ0) is 9.14. The molecule has 12 heavy (non-hydrogen) atoms. The number of hydrogen-bond acceptors (Lipinski definition) is 3. The summed E-state index contributed by atoms with van der Waals surface area (Å²) < 4.78 is 1.67. The third kappa shape index (κ3) is 2.08. The van der Waals surface area contributed by atoms with Gasteiger partial charge in [-0.3, -0.25) is 4.68 Å². The Kier molecular flexibility index (Phi) is 2.47. The Morgan fingerprint density at radius 1 is 1.67 bits per heavy atom. The molecule has 1 aromatic heterocycles. The Labute approximate surface area is 70.8 Å². The lowest BCUT2D eigenvalue weighted by Crippen LogP contribution is -2.24. The molecule has 0 aliphatic rings. The number of aryl methyl sites for hydroxylation is 3. The van der Waals surface area contributed by atoms with Crippen molar-refractivity contribution in [1.29, 1.82) is 0 Å². The van der Waals surface area contributed by atoms with Gasteiger partial charge < -0.3 is 9.90 Å². The molecule has 0 fully saturated rings. The number of aliphatic carboxylic acids is 1. The maximum atomic E-state index is 10.1. The minimum absolute atomic E-state index is 0.0158. The van der Waals surface area contributed by atoms with E-state index >= 15 is 0 Å². The number of rotatable bonds is 3. The molecule has 0 atom stereocenters. The molecule has 0 saturated heterocycles. The second-order valence-electron chi connectivity index (χ2n) is 2.77. The van der Waals surface area contributed by atoms with Crippen LogP contribution in [0.25, 0.3) is 0 Å². The molecule has 1 rings (SSSR count). The Balaban J connectivity index is 2.62. The van der Waals surface area contributed by atoms with E-state index in [4.69, 9.17) is 0 Å². The van der Waals surface area contributed by atoms with E-state index in [0.717, 1.165) is 11.4 Å². The minimum Gasteiger partial charge on any atom is -0.550 e. The lowest BCUT2D eigenvalue weighted by atomic mass is 10.4. The molecule has 4 heteroatoms. The number of carboxylic acid groups (broad SMARTS) is 1. The molecule has 0 N–H and O–H groups in total. The van der Waals surface area contributed by atoms with Gasteiger partial charge in [0.1, 0.15) is 0 Å². The van der Waals surface area contributed by atoms with Crippen molar-refractivity contribution < 1.29 is 9.90 Å². The number of carbonyl (C=O) groups excluding carboxylic acids is 1. The van der Waals surface area contributed by atoms with Gasteiger partial charge in [-0.2, -0.15) is 5.10 Å². The van der Waals surface area contributed by atoms with Crippen molar-refractivity contribution >= 4 is 5.97 Å². The van der Waals surface area contributed by atoms with Gasteiger partial charge in [0.05, 0.1) is 5.69 Å². The number of hydrogen-bond donors (Lipinski definition) is 0. The molecule has 0 amide bonds. The van der Waals surface area contributed by atoms with E-state index < -0.39 is 5.97 Å². The van der Waals surface area contributed by atoms with E-state index in [2.05, 4.69) is 5.10 Å². The second kappa shape index (κ2) is 3.38. The molecular weight excluding hydrogens is 156 g/mol. The van der Waals surface area contributed by atoms with E-state index in [1.807, 2.05) is 19.9 Å². The molecule has 0 bridgehead atoms. The SMILES string of the molecule is Cc1cc(C)n(CCC(=O)[O-])n1. The van der Waals surface area contributed by atoms with Crippen molar-refractivity contribution in [2.24, 2.45) is 0 Å². The number of carboxylic acids is 1. The van der Waals surface area contributed by atoms with Gasteiger partial charge in [-0.05, 0) is 19.9 Å². The Morgan fingerprint density at radius 2 is 2.33 bits per heavy atom. The zero-order valence-electron chi connectivity index (χ0n) is 7.20. The standard InChI is InChI=1S/C8H12N2O2/c1-6-5-7(2)10(9-6)4-3-8(11)12/h5H,3-4H2,1-2H3,(H,11,12)/p-1. The highest BCUT2D eigenvalue weighted by Crippen LogP contribution is 2.01. The predicted molar refractivity (Wildman–Crippen MR) is 41.3 cm³/mol. The average molecular weight is 167 g/mol. The van der Waals surface area contributed by atoms with Gasteiger partial charge in [0.15, 0.2) is 0 Å². The van der Waals surface area contributed by atoms with Crippen LogP contribution in [0.2, 0.25) is 0 Å². The van der Waals surface area contributed by atoms with Gasteiger partial charge >= 0.3 is 0 Å². The van der Waals surface area contributed by atoms with Crippen LogP contribution in [-0.4, -0.2) is 15.7 Å². The van der Waals surface area contributed by atoms with Crippen LogP contribution in [0.1, 0.15) is 17.8 Å². The molecule has 66 valence electrons. The topological polar surface area (TPSA) is 58.0 Å². The van der Waals surface area contributed by atoms with Gasteiger partial charge in [0.2, 0.25) is 0 Å². The first-order valence-corrected chi connectivity index (χ1v) is 3.80. The minimum atomic E-state index is -1.04. The van der Waals surface area contributed by atoms with Gasteiger partial charge in [0.25, 0.3) is 0 Å². The van der Waals surface area contributed by atoms with E-state index in [1.54, 1.807) is 4.68 Å². The summed E-state index contributed by atoms with van der Waals surface area (Å²) in [5, 5.41) is 14.2. The first-order valence-electron chi connectivity index (χ1n) is 3.80. The second-order valence-corrected chi connectivity index (χ2v) is 2.77. The Bertz CT molecular complexity index is 291. The molecule has 0 unspecified atom stereocenters. The van der Waals surface area contributed by atoms with Gasteiger partial charge in [-0.25, -0.2) is 0 Å². The largest absolute Gasteiger partial charge is 0.550 e. The number of aromatic nitrogens is 2. The fourth-order valence-corrected chi connectivity index (χ4v) is 1.10. The van der Waals surface area contributed by atoms with Crippen molar-refractivity contribution in [2.45, 2.75) is 26.8 Å². The highest BCUT2D eigenvalue weighted by Gasteiger charge is 1.99. The molecule has 0 radical (unpaired) electrons. The predicted octanol–water partition coefficient (Wildman–Crippen LogP) is -0.360. The molecule has 0 aliphatic carbocycles. The van der Waals surface area contributed by atoms with Crippen molar-refractivity contribution in [3.8, 4) is 0 Å². The Morgan fingerprint density at radius 3 is 2.75 bits per heavy atom. The third-order valence-electron chi connectivity index (χ3n) is 1.63. The zero-order valence-corrected chi connectivity index (χ0v) is 7.20. The summed E-state index contributed by atoms with van der Waals surface area (Å²) in [6.45, 7) is 4.17. The van der Waals surface area contributed by atoms with Gasteiger partial charge in [0, 0.05) is 24.6 Å². The van der Waals surface area contributed by atoms with Crippen molar-refractivity contribution in [1.82, 2.24) is 9.78 Å². The summed E-state index contributed by atoms with van der Waals surface area (Å²) in [6, 6.07) is 1.91. The highest BCUT2D eigenvalue weighted by atomic mass is 16.4. The van der Waals surface area contributed by atoms with Gasteiger partial charge in [-0.15, -0.1) is 0 Å². The first-order chi connectivity index (χ1) is 5.59. The van der Waals surface area contributed by atoms with Crippen LogP contribution < -0.4 is 5.11 Å². The lowest BCUT2D eigenvalue weighted by molar-refractivity contribution is -0.306. The van der Waals surface area contributed by atoms with Crippen LogP contribution >= 0.6 is 0 Å². The van der Waals surface area contributed by atoms with E-state index in [-0.39, 0.29) is 6.42 Å².